The third-order valence-corrected chi connectivity index (χ3v) is 3.66. The molecule has 0 aliphatic heterocycles. The second-order valence-electron chi connectivity index (χ2n) is 4.30. The number of hydrogen-bond donors (Lipinski definition) is 1. The molecule has 2 unspecified atom stereocenters. The topological polar surface area (TPSA) is 24.9 Å². The lowest BCUT2D eigenvalue weighted by molar-refractivity contribution is 0.380. The van der Waals surface area contributed by atoms with Gasteiger partial charge in [0.2, 0.25) is 0 Å². The van der Waals surface area contributed by atoms with Crippen LogP contribution in [0, 0.1) is 11.7 Å². The molecule has 0 saturated heterocycles. The summed E-state index contributed by atoms with van der Waals surface area (Å²) in [7, 11) is 0. The molecule has 1 saturated carbocycles. The van der Waals surface area contributed by atoms with E-state index in [4.69, 9.17) is 11.6 Å². The number of nitrogens with one attached hydrogen (secondary N) is 1. The Morgan fingerprint density at radius 1 is 1.38 bits per heavy atom. The number of aromatic nitrogens is 1. The van der Waals surface area contributed by atoms with Crippen LogP contribution in [-0.2, 0) is 0 Å². The number of rotatable bonds is 3. The Bertz CT molecular complexity index is 328. The van der Waals surface area contributed by atoms with Gasteiger partial charge in [-0.05, 0) is 30.9 Å². The van der Waals surface area contributed by atoms with Gasteiger partial charge in [0.25, 0.3) is 0 Å². The van der Waals surface area contributed by atoms with Crippen molar-refractivity contribution in [3.8, 4) is 0 Å². The molecule has 0 bridgehead atoms. The zero-order valence-corrected chi connectivity index (χ0v) is 9.88. The van der Waals surface area contributed by atoms with Crippen LogP contribution in [0.25, 0.3) is 0 Å². The van der Waals surface area contributed by atoms with E-state index in [1.54, 1.807) is 6.07 Å². The summed E-state index contributed by atoms with van der Waals surface area (Å²) in [6, 6.07) is 3.07. The Kier molecular flexibility index (Phi) is 3.99. The Balaban J connectivity index is 1.84. The summed E-state index contributed by atoms with van der Waals surface area (Å²) in [5.41, 5.74) is 0. The van der Waals surface area contributed by atoms with Gasteiger partial charge >= 0.3 is 0 Å². The van der Waals surface area contributed by atoms with Gasteiger partial charge in [-0.15, -0.1) is 11.6 Å². The van der Waals surface area contributed by atoms with Crippen molar-refractivity contribution in [1.29, 1.82) is 0 Å². The fraction of sp³-hybridized carbons (Fsp3) is 0.583. The number of anilines is 1. The van der Waals surface area contributed by atoms with Crippen molar-refractivity contribution >= 4 is 17.4 Å². The summed E-state index contributed by atoms with van der Waals surface area (Å²) < 4.78 is 12.6. The molecule has 16 heavy (non-hydrogen) atoms. The third kappa shape index (κ3) is 3.08. The van der Waals surface area contributed by atoms with E-state index >= 15 is 0 Å². The molecule has 2 rings (SSSR count). The molecule has 88 valence electrons. The molecule has 1 fully saturated rings. The van der Waals surface area contributed by atoms with E-state index < -0.39 is 0 Å². The number of alkyl halides is 1. The molecule has 1 N–H and O–H groups in total. The minimum atomic E-state index is -0.307. The third-order valence-electron chi connectivity index (χ3n) is 3.09. The van der Waals surface area contributed by atoms with E-state index in [0.29, 0.717) is 5.92 Å². The predicted molar refractivity (Wildman–Crippen MR) is 64.3 cm³/mol. The highest BCUT2D eigenvalue weighted by atomic mass is 35.5. The molecule has 0 radical (unpaired) electrons. The lowest BCUT2D eigenvalue weighted by Crippen LogP contribution is -2.26. The second kappa shape index (κ2) is 5.48. The van der Waals surface area contributed by atoms with Crippen LogP contribution in [0.5, 0.6) is 0 Å². The summed E-state index contributed by atoms with van der Waals surface area (Å²) in [6.07, 6.45) is 5.99. The number of pyridine rings is 1. The normalized spacial score (nSPS) is 25.4. The minimum Gasteiger partial charge on any atom is -0.370 e. The first-order valence-corrected chi connectivity index (χ1v) is 6.19. The van der Waals surface area contributed by atoms with Crippen LogP contribution in [0.1, 0.15) is 25.7 Å². The molecule has 0 spiro atoms. The quantitative estimate of drug-likeness (QED) is 0.822. The molecule has 1 heterocycles. The second-order valence-corrected chi connectivity index (χ2v) is 4.86. The van der Waals surface area contributed by atoms with Crippen molar-refractivity contribution in [3.63, 3.8) is 0 Å². The number of nitrogens with zero attached hydrogens (tertiary/aromatic N) is 1. The monoisotopic (exact) mass is 242 g/mol. The zero-order valence-electron chi connectivity index (χ0n) is 9.13. The van der Waals surface area contributed by atoms with Gasteiger partial charge in [0, 0.05) is 11.9 Å². The molecule has 0 amide bonds. The van der Waals surface area contributed by atoms with E-state index in [2.05, 4.69) is 10.3 Å². The molecule has 0 aromatic carbocycles. The SMILES string of the molecule is Fc1ccc(NCC2CCCCC2Cl)nc1. The van der Waals surface area contributed by atoms with Gasteiger partial charge in [0.15, 0.2) is 0 Å². The average Bonchev–Trinajstić information content (AvgIpc) is 2.30. The highest BCUT2D eigenvalue weighted by Crippen LogP contribution is 2.28. The van der Waals surface area contributed by atoms with Crippen molar-refractivity contribution < 1.29 is 4.39 Å². The van der Waals surface area contributed by atoms with Gasteiger partial charge in [0.1, 0.15) is 11.6 Å². The highest BCUT2D eigenvalue weighted by molar-refractivity contribution is 6.20. The van der Waals surface area contributed by atoms with Crippen LogP contribution < -0.4 is 5.32 Å². The van der Waals surface area contributed by atoms with Gasteiger partial charge in [-0.2, -0.15) is 0 Å². The van der Waals surface area contributed by atoms with Crippen LogP contribution >= 0.6 is 11.6 Å². The van der Waals surface area contributed by atoms with Gasteiger partial charge in [0.05, 0.1) is 6.20 Å². The molecule has 2 nitrogen and oxygen atoms in total. The van der Waals surface area contributed by atoms with Crippen LogP contribution in [-0.4, -0.2) is 16.9 Å². The van der Waals surface area contributed by atoms with Gasteiger partial charge in [-0.25, -0.2) is 9.37 Å². The van der Waals surface area contributed by atoms with Crippen molar-refractivity contribution in [2.45, 2.75) is 31.1 Å². The fourth-order valence-corrected chi connectivity index (χ4v) is 2.48. The van der Waals surface area contributed by atoms with E-state index in [-0.39, 0.29) is 11.2 Å². The molecule has 1 aromatic heterocycles. The van der Waals surface area contributed by atoms with Gasteiger partial charge in [-0.3, -0.25) is 0 Å². The van der Waals surface area contributed by atoms with Crippen molar-refractivity contribution in [2.24, 2.45) is 5.92 Å². The lowest BCUT2D eigenvalue weighted by Gasteiger charge is -2.27. The van der Waals surface area contributed by atoms with Gasteiger partial charge < -0.3 is 5.32 Å². The Labute approximate surface area is 100 Å². The Morgan fingerprint density at radius 3 is 2.88 bits per heavy atom. The van der Waals surface area contributed by atoms with Crippen molar-refractivity contribution in [1.82, 2.24) is 4.98 Å². The van der Waals surface area contributed by atoms with Crippen molar-refractivity contribution in [3.05, 3.63) is 24.1 Å². The van der Waals surface area contributed by atoms with Gasteiger partial charge in [-0.1, -0.05) is 12.8 Å². The fourth-order valence-electron chi connectivity index (χ4n) is 2.11. The lowest BCUT2D eigenvalue weighted by atomic mass is 9.89. The first-order valence-electron chi connectivity index (χ1n) is 5.75. The van der Waals surface area contributed by atoms with Crippen LogP contribution in [0.3, 0.4) is 0 Å². The average molecular weight is 243 g/mol. The summed E-state index contributed by atoms with van der Waals surface area (Å²) in [4.78, 5) is 3.96. The maximum Gasteiger partial charge on any atom is 0.141 e. The maximum atomic E-state index is 12.6. The molecular weight excluding hydrogens is 227 g/mol. The van der Waals surface area contributed by atoms with E-state index in [0.717, 1.165) is 18.8 Å². The smallest absolute Gasteiger partial charge is 0.141 e. The first kappa shape index (κ1) is 11.6. The highest BCUT2D eigenvalue weighted by Gasteiger charge is 2.22. The summed E-state index contributed by atoms with van der Waals surface area (Å²) in [6.45, 7) is 0.826. The molecule has 4 heteroatoms. The van der Waals surface area contributed by atoms with Crippen LogP contribution in [0.15, 0.2) is 18.3 Å². The number of halogens is 2. The Hall–Kier alpha value is -0.830. The van der Waals surface area contributed by atoms with Crippen LogP contribution in [0.4, 0.5) is 10.2 Å². The predicted octanol–water partition coefficient (Wildman–Crippen LogP) is 3.43. The molecule has 2 atom stereocenters. The minimum absolute atomic E-state index is 0.265. The van der Waals surface area contributed by atoms with E-state index in [1.807, 2.05) is 0 Å². The van der Waals surface area contributed by atoms with E-state index in [9.17, 15) is 4.39 Å². The summed E-state index contributed by atoms with van der Waals surface area (Å²) >= 11 is 6.25. The molecule has 1 aliphatic carbocycles. The standard InChI is InChI=1S/C12H16ClFN2/c13-11-4-2-1-3-9(11)7-15-12-6-5-10(14)8-16-12/h5-6,8-9,11H,1-4,7H2,(H,15,16). The molecule has 1 aliphatic rings. The summed E-state index contributed by atoms with van der Waals surface area (Å²) in [5, 5.41) is 3.48. The summed E-state index contributed by atoms with van der Waals surface area (Å²) in [5.74, 6) is 0.913. The Morgan fingerprint density at radius 2 is 2.19 bits per heavy atom. The van der Waals surface area contributed by atoms with E-state index in [1.165, 1.54) is 31.5 Å². The van der Waals surface area contributed by atoms with Crippen molar-refractivity contribution in [2.75, 3.05) is 11.9 Å². The molecule has 1 aromatic rings. The number of hydrogen-bond acceptors (Lipinski definition) is 2. The zero-order chi connectivity index (χ0) is 11.4. The van der Waals surface area contributed by atoms with Crippen LogP contribution in [0.2, 0.25) is 0 Å². The first-order chi connectivity index (χ1) is 7.75. The maximum absolute atomic E-state index is 12.6. The largest absolute Gasteiger partial charge is 0.370 e. The molecular formula is C12H16ClFN2.